The van der Waals surface area contributed by atoms with Crippen LogP contribution in [0.15, 0.2) is 30.3 Å². The van der Waals surface area contributed by atoms with Crippen LogP contribution in [0.25, 0.3) is 0 Å². The number of rotatable bonds is 5. The zero-order valence-electron chi connectivity index (χ0n) is 10.9. The summed E-state index contributed by atoms with van der Waals surface area (Å²) in [4.78, 5) is 14.1. The van der Waals surface area contributed by atoms with E-state index in [-0.39, 0.29) is 18.1 Å². The van der Waals surface area contributed by atoms with Crippen LogP contribution in [0.1, 0.15) is 25.1 Å². The van der Waals surface area contributed by atoms with Crippen LogP contribution in [-0.4, -0.2) is 35.4 Å². The fraction of sp³-hybridized carbons (Fsp3) is 0.500. The molecule has 0 saturated carbocycles. The Hall–Kier alpha value is -1.00. The van der Waals surface area contributed by atoms with Crippen molar-refractivity contribution in [3.8, 4) is 0 Å². The summed E-state index contributed by atoms with van der Waals surface area (Å²) < 4.78 is 0. The van der Waals surface area contributed by atoms with Gasteiger partial charge in [0.05, 0.1) is 6.04 Å². The van der Waals surface area contributed by atoms with Gasteiger partial charge in [-0.05, 0) is 30.9 Å². The Balaban J connectivity index is 2.10. The molecule has 1 heterocycles. The van der Waals surface area contributed by atoms with Gasteiger partial charge in [0.1, 0.15) is 6.17 Å². The molecular formula is C14H20N2OS. The first-order valence-electron chi connectivity index (χ1n) is 6.34. The van der Waals surface area contributed by atoms with Crippen LogP contribution < -0.4 is 5.32 Å². The monoisotopic (exact) mass is 264 g/mol. The van der Waals surface area contributed by atoms with Crippen molar-refractivity contribution in [2.45, 2.75) is 25.6 Å². The first kappa shape index (κ1) is 13.4. The van der Waals surface area contributed by atoms with Crippen molar-refractivity contribution in [3.05, 3.63) is 35.9 Å². The van der Waals surface area contributed by atoms with Crippen molar-refractivity contribution >= 4 is 17.7 Å². The van der Waals surface area contributed by atoms with Gasteiger partial charge in [-0.3, -0.25) is 10.1 Å². The number of nitrogens with zero attached hydrogens (tertiary/aromatic N) is 1. The van der Waals surface area contributed by atoms with Crippen LogP contribution in [0.3, 0.4) is 0 Å². The number of carbonyl (C=O) groups is 1. The summed E-state index contributed by atoms with van der Waals surface area (Å²) in [6.45, 7) is 2.77. The largest absolute Gasteiger partial charge is 0.322 e. The minimum Gasteiger partial charge on any atom is -0.322 e. The lowest BCUT2D eigenvalue weighted by atomic mass is 10.1. The number of hydrogen-bond acceptors (Lipinski definition) is 3. The van der Waals surface area contributed by atoms with Gasteiger partial charge in [-0.1, -0.05) is 30.3 Å². The van der Waals surface area contributed by atoms with E-state index >= 15 is 0 Å². The molecular weight excluding hydrogens is 244 g/mol. The number of nitrogens with one attached hydrogen (secondary N) is 1. The van der Waals surface area contributed by atoms with Gasteiger partial charge in [0.15, 0.2) is 0 Å². The van der Waals surface area contributed by atoms with Crippen molar-refractivity contribution in [2.24, 2.45) is 0 Å². The Kier molecular flexibility index (Phi) is 4.66. The van der Waals surface area contributed by atoms with Crippen LogP contribution in [0.4, 0.5) is 0 Å². The van der Waals surface area contributed by atoms with Gasteiger partial charge in [0.2, 0.25) is 5.91 Å². The smallest absolute Gasteiger partial charge is 0.241 e. The average molecular weight is 264 g/mol. The number of amides is 1. The van der Waals surface area contributed by atoms with Crippen LogP contribution in [0.2, 0.25) is 0 Å². The molecule has 1 fully saturated rings. The quantitative estimate of drug-likeness (QED) is 0.828. The molecule has 1 aromatic carbocycles. The number of carbonyl (C=O) groups excluding carboxylic acids is 1. The van der Waals surface area contributed by atoms with Crippen LogP contribution >= 0.6 is 11.8 Å². The maximum Gasteiger partial charge on any atom is 0.241 e. The molecule has 1 aromatic rings. The summed E-state index contributed by atoms with van der Waals surface area (Å²) in [7, 11) is 0. The molecule has 1 amide bonds. The summed E-state index contributed by atoms with van der Waals surface area (Å²) in [6, 6.07) is 10.1. The second kappa shape index (κ2) is 6.25. The number of hydrogen-bond donors (Lipinski definition) is 1. The van der Waals surface area contributed by atoms with Gasteiger partial charge in [0.25, 0.3) is 0 Å². The van der Waals surface area contributed by atoms with Crippen LogP contribution in [-0.2, 0) is 4.79 Å². The molecule has 4 heteroatoms. The third-order valence-electron chi connectivity index (χ3n) is 3.24. The van der Waals surface area contributed by atoms with Crippen LogP contribution in [0, 0.1) is 0 Å². The van der Waals surface area contributed by atoms with Gasteiger partial charge >= 0.3 is 0 Å². The van der Waals surface area contributed by atoms with E-state index in [1.54, 1.807) is 0 Å². The maximum atomic E-state index is 12.1. The van der Waals surface area contributed by atoms with Crippen molar-refractivity contribution in [3.63, 3.8) is 0 Å². The first-order valence-corrected chi connectivity index (χ1v) is 7.74. The van der Waals surface area contributed by atoms with E-state index in [4.69, 9.17) is 0 Å². The van der Waals surface area contributed by atoms with E-state index in [9.17, 15) is 4.79 Å². The Labute approximate surface area is 113 Å². The predicted molar refractivity (Wildman–Crippen MR) is 76.5 cm³/mol. The molecule has 1 aliphatic rings. The summed E-state index contributed by atoms with van der Waals surface area (Å²) in [5.74, 6) is 1.31. The molecule has 3 nitrogen and oxygen atoms in total. The fourth-order valence-corrected chi connectivity index (χ4v) is 2.72. The lowest BCUT2D eigenvalue weighted by Crippen LogP contribution is -2.31. The number of thioether (sulfide) groups is 1. The van der Waals surface area contributed by atoms with Gasteiger partial charge in [-0.25, -0.2) is 0 Å². The molecule has 0 aromatic heterocycles. The lowest BCUT2D eigenvalue weighted by Gasteiger charge is -2.24. The van der Waals surface area contributed by atoms with E-state index in [0.29, 0.717) is 0 Å². The lowest BCUT2D eigenvalue weighted by molar-refractivity contribution is -0.129. The van der Waals surface area contributed by atoms with Gasteiger partial charge in [-0.15, -0.1) is 0 Å². The van der Waals surface area contributed by atoms with Crippen molar-refractivity contribution in [1.29, 1.82) is 0 Å². The first-order chi connectivity index (χ1) is 8.74. The average Bonchev–Trinajstić information content (AvgIpc) is 2.68. The van der Waals surface area contributed by atoms with E-state index in [1.807, 2.05) is 41.8 Å². The van der Waals surface area contributed by atoms with Gasteiger partial charge in [0, 0.05) is 6.54 Å². The summed E-state index contributed by atoms with van der Waals surface area (Å²) in [5, 5.41) is 3.37. The summed E-state index contributed by atoms with van der Waals surface area (Å²) >= 11 is 1.83. The molecule has 0 bridgehead atoms. The molecule has 0 spiro atoms. The summed E-state index contributed by atoms with van der Waals surface area (Å²) in [5.41, 5.74) is 1.17. The molecule has 98 valence electrons. The second-order valence-electron chi connectivity index (χ2n) is 4.58. The van der Waals surface area contributed by atoms with Crippen molar-refractivity contribution in [2.75, 3.05) is 18.6 Å². The highest BCUT2D eigenvalue weighted by atomic mass is 32.2. The zero-order chi connectivity index (χ0) is 13.0. The third-order valence-corrected chi connectivity index (χ3v) is 3.93. The Bertz CT molecular complexity index is 396. The minimum atomic E-state index is -0.0792. The Morgan fingerprint density at radius 2 is 2.06 bits per heavy atom. The van der Waals surface area contributed by atoms with E-state index in [0.717, 1.165) is 18.7 Å². The van der Waals surface area contributed by atoms with E-state index in [1.165, 1.54) is 5.56 Å². The molecule has 2 atom stereocenters. The topological polar surface area (TPSA) is 32.3 Å². The molecule has 0 radical (unpaired) electrons. The SMILES string of the molecule is CSCCCN1C(=O)C(C)NC1c1ccccc1. The highest BCUT2D eigenvalue weighted by Crippen LogP contribution is 2.25. The molecule has 2 unspecified atom stereocenters. The van der Waals surface area contributed by atoms with Crippen LogP contribution in [0.5, 0.6) is 0 Å². The molecule has 2 rings (SSSR count). The minimum absolute atomic E-state index is 0.0376. The second-order valence-corrected chi connectivity index (χ2v) is 5.57. The predicted octanol–water partition coefficient (Wildman–Crippen LogP) is 2.26. The summed E-state index contributed by atoms with van der Waals surface area (Å²) in [6.07, 6.45) is 3.18. The highest BCUT2D eigenvalue weighted by molar-refractivity contribution is 7.98. The zero-order valence-corrected chi connectivity index (χ0v) is 11.7. The van der Waals surface area contributed by atoms with E-state index < -0.39 is 0 Å². The Morgan fingerprint density at radius 3 is 2.72 bits per heavy atom. The van der Waals surface area contributed by atoms with Crippen molar-refractivity contribution < 1.29 is 4.79 Å². The van der Waals surface area contributed by atoms with Gasteiger partial charge in [-0.2, -0.15) is 11.8 Å². The molecule has 0 aliphatic carbocycles. The standard InChI is InChI=1S/C14H20N2OS/c1-11-14(17)16(9-6-10-18-2)13(15-11)12-7-4-3-5-8-12/h3-5,7-8,11,13,15H,6,9-10H2,1-2H3. The molecule has 1 N–H and O–H groups in total. The molecule has 1 saturated heterocycles. The fourth-order valence-electron chi connectivity index (χ4n) is 2.30. The van der Waals surface area contributed by atoms with Crippen molar-refractivity contribution in [1.82, 2.24) is 10.2 Å². The molecule has 1 aliphatic heterocycles. The maximum absolute atomic E-state index is 12.1. The Morgan fingerprint density at radius 1 is 1.33 bits per heavy atom. The van der Waals surface area contributed by atoms with Gasteiger partial charge < -0.3 is 4.90 Å². The molecule has 18 heavy (non-hydrogen) atoms. The van der Waals surface area contributed by atoms with E-state index in [2.05, 4.69) is 23.7 Å². The third kappa shape index (κ3) is 2.87. The highest BCUT2D eigenvalue weighted by Gasteiger charge is 2.36. The normalized spacial score (nSPS) is 23.7. The number of benzene rings is 1.